The molecule has 0 heterocycles. The minimum Gasteiger partial charge on any atom is -0.344 e. The molecule has 0 atom stereocenters. The van der Waals surface area contributed by atoms with Crippen LogP contribution in [0, 0.1) is 0 Å². The Morgan fingerprint density at radius 2 is 1.83 bits per heavy atom. The highest BCUT2D eigenvalue weighted by atomic mass is 16.2. The molecule has 72 valence electrons. The molecule has 0 bridgehead atoms. The second-order valence-corrected chi connectivity index (χ2v) is 2.77. The van der Waals surface area contributed by atoms with Gasteiger partial charge in [0.15, 0.2) is 0 Å². The molecule has 4 heteroatoms. The monoisotopic (exact) mass is 173 g/mol. The zero-order chi connectivity index (χ0) is 9.40. The van der Waals surface area contributed by atoms with Gasteiger partial charge in [-0.15, -0.1) is 0 Å². The quantitative estimate of drug-likeness (QED) is 0.557. The molecule has 0 fully saturated rings. The number of carbonyl (C=O) groups excluding carboxylic acids is 1. The van der Waals surface area contributed by atoms with E-state index in [4.69, 9.17) is 0 Å². The summed E-state index contributed by atoms with van der Waals surface area (Å²) < 4.78 is 0. The molecule has 2 N–H and O–H groups in total. The fourth-order valence-corrected chi connectivity index (χ4v) is 0.827. The largest absolute Gasteiger partial charge is 0.344 e. The summed E-state index contributed by atoms with van der Waals surface area (Å²) in [5.41, 5.74) is 0. The minimum absolute atomic E-state index is 0.194. The van der Waals surface area contributed by atoms with Crippen molar-refractivity contribution < 1.29 is 4.79 Å². The molecular formula is C8H19N3O. The first-order valence-corrected chi connectivity index (χ1v) is 4.25. The van der Waals surface area contributed by atoms with Gasteiger partial charge in [-0.05, 0) is 14.1 Å². The molecule has 0 aromatic carbocycles. The average molecular weight is 173 g/mol. The van der Waals surface area contributed by atoms with Crippen molar-refractivity contribution in [3.63, 3.8) is 0 Å². The number of nitrogens with one attached hydrogen (secondary N) is 2. The smallest absolute Gasteiger partial charge is 0.223 e. The van der Waals surface area contributed by atoms with E-state index in [0.29, 0.717) is 6.42 Å². The topological polar surface area (TPSA) is 44.4 Å². The molecule has 0 saturated heterocycles. The zero-order valence-corrected chi connectivity index (χ0v) is 8.18. The second kappa shape index (κ2) is 7.06. The zero-order valence-electron chi connectivity index (χ0n) is 8.18. The van der Waals surface area contributed by atoms with Crippen molar-refractivity contribution in [1.29, 1.82) is 0 Å². The Labute approximate surface area is 74.3 Å². The van der Waals surface area contributed by atoms with E-state index in [2.05, 4.69) is 10.6 Å². The van der Waals surface area contributed by atoms with Crippen LogP contribution in [0.25, 0.3) is 0 Å². The third kappa shape index (κ3) is 5.09. The predicted octanol–water partition coefficient (Wildman–Crippen LogP) is -0.726. The van der Waals surface area contributed by atoms with Crippen LogP contribution in [0.2, 0.25) is 0 Å². The minimum atomic E-state index is 0.194. The van der Waals surface area contributed by atoms with Gasteiger partial charge in [-0.1, -0.05) is 0 Å². The second-order valence-electron chi connectivity index (χ2n) is 2.77. The van der Waals surface area contributed by atoms with E-state index in [1.54, 1.807) is 4.90 Å². The van der Waals surface area contributed by atoms with Crippen LogP contribution >= 0.6 is 0 Å². The SMILES string of the molecule is CNCCC(=O)N(C)CCNC. The summed E-state index contributed by atoms with van der Waals surface area (Å²) in [6, 6.07) is 0. The maximum Gasteiger partial charge on any atom is 0.223 e. The van der Waals surface area contributed by atoms with Crippen molar-refractivity contribution in [2.24, 2.45) is 0 Å². The molecule has 1 amide bonds. The van der Waals surface area contributed by atoms with Gasteiger partial charge in [0.2, 0.25) is 5.91 Å². The average Bonchev–Trinajstić information content (AvgIpc) is 2.10. The van der Waals surface area contributed by atoms with E-state index >= 15 is 0 Å². The number of rotatable bonds is 6. The molecule has 12 heavy (non-hydrogen) atoms. The Balaban J connectivity index is 3.47. The molecule has 0 aliphatic carbocycles. The molecule has 0 rings (SSSR count). The van der Waals surface area contributed by atoms with Crippen LogP contribution in [0.1, 0.15) is 6.42 Å². The fraction of sp³-hybridized carbons (Fsp3) is 0.875. The Bertz CT molecular complexity index is 127. The van der Waals surface area contributed by atoms with Crippen LogP contribution < -0.4 is 10.6 Å². The van der Waals surface area contributed by atoms with Crippen molar-refractivity contribution in [2.45, 2.75) is 6.42 Å². The summed E-state index contributed by atoms with van der Waals surface area (Å²) in [6.45, 7) is 2.38. The van der Waals surface area contributed by atoms with Crippen LogP contribution in [-0.2, 0) is 4.79 Å². The van der Waals surface area contributed by atoms with Gasteiger partial charge in [-0.25, -0.2) is 0 Å². The van der Waals surface area contributed by atoms with E-state index in [1.807, 2.05) is 21.1 Å². The fourth-order valence-electron chi connectivity index (χ4n) is 0.827. The lowest BCUT2D eigenvalue weighted by atomic mass is 10.3. The molecule has 0 aromatic rings. The third-order valence-corrected chi connectivity index (χ3v) is 1.71. The van der Waals surface area contributed by atoms with Crippen LogP contribution in [-0.4, -0.2) is 51.6 Å². The van der Waals surface area contributed by atoms with Crippen molar-refractivity contribution >= 4 is 5.91 Å². The number of amides is 1. The predicted molar refractivity (Wildman–Crippen MR) is 50.1 cm³/mol. The highest BCUT2D eigenvalue weighted by Gasteiger charge is 2.05. The number of likely N-dealkylation sites (N-methyl/N-ethyl adjacent to an activating group) is 2. The molecule has 0 radical (unpaired) electrons. The number of carbonyl (C=O) groups is 1. The lowest BCUT2D eigenvalue weighted by molar-refractivity contribution is -0.129. The van der Waals surface area contributed by atoms with E-state index < -0.39 is 0 Å². The summed E-state index contributed by atoms with van der Waals surface area (Å²) in [6.07, 6.45) is 0.580. The van der Waals surface area contributed by atoms with Gasteiger partial charge in [0, 0.05) is 33.1 Å². The standard InChI is InChI=1S/C8H19N3O/c1-9-5-4-8(12)11(3)7-6-10-2/h9-10H,4-7H2,1-3H3. The number of hydrogen-bond donors (Lipinski definition) is 2. The first kappa shape index (κ1) is 11.4. The van der Waals surface area contributed by atoms with Crippen LogP contribution in [0.15, 0.2) is 0 Å². The molecule has 0 saturated carbocycles. The number of nitrogens with zero attached hydrogens (tertiary/aromatic N) is 1. The molecule has 0 spiro atoms. The maximum absolute atomic E-state index is 11.3. The lowest BCUT2D eigenvalue weighted by Crippen LogP contribution is -2.34. The van der Waals surface area contributed by atoms with Crippen molar-refractivity contribution in [3.8, 4) is 0 Å². The van der Waals surface area contributed by atoms with Crippen molar-refractivity contribution in [1.82, 2.24) is 15.5 Å². The molecular weight excluding hydrogens is 154 g/mol. The first-order valence-electron chi connectivity index (χ1n) is 4.25. The highest BCUT2D eigenvalue weighted by molar-refractivity contribution is 5.76. The molecule has 0 aliphatic heterocycles. The van der Waals surface area contributed by atoms with Gasteiger partial charge in [0.25, 0.3) is 0 Å². The van der Waals surface area contributed by atoms with E-state index in [-0.39, 0.29) is 5.91 Å². The molecule has 4 nitrogen and oxygen atoms in total. The summed E-state index contributed by atoms with van der Waals surface area (Å²) in [5, 5.41) is 5.95. The summed E-state index contributed by atoms with van der Waals surface area (Å²) in [4.78, 5) is 13.0. The van der Waals surface area contributed by atoms with Crippen LogP contribution in [0.4, 0.5) is 0 Å². The summed E-state index contributed by atoms with van der Waals surface area (Å²) in [5.74, 6) is 0.194. The Morgan fingerprint density at radius 3 is 2.33 bits per heavy atom. The normalized spacial score (nSPS) is 9.92. The Morgan fingerprint density at radius 1 is 1.25 bits per heavy atom. The Kier molecular flexibility index (Phi) is 6.70. The third-order valence-electron chi connectivity index (χ3n) is 1.71. The van der Waals surface area contributed by atoms with Crippen molar-refractivity contribution in [3.05, 3.63) is 0 Å². The van der Waals surface area contributed by atoms with Gasteiger partial charge in [-0.2, -0.15) is 0 Å². The maximum atomic E-state index is 11.3. The van der Waals surface area contributed by atoms with Gasteiger partial charge < -0.3 is 15.5 Å². The highest BCUT2D eigenvalue weighted by Crippen LogP contribution is 1.87. The summed E-state index contributed by atoms with van der Waals surface area (Å²) in [7, 11) is 5.56. The Hall–Kier alpha value is -0.610. The van der Waals surface area contributed by atoms with Gasteiger partial charge in [0.1, 0.15) is 0 Å². The van der Waals surface area contributed by atoms with E-state index in [1.165, 1.54) is 0 Å². The van der Waals surface area contributed by atoms with E-state index in [0.717, 1.165) is 19.6 Å². The number of hydrogen-bond acceptors (Lipinski definition) is 3. The van der Waals surface area contributed by atoms with Crippen molar-refractivity contribution in [2.75, 3.05) is 40.8 Å². The summed E-state index contributed by atoms with van der Waals surface area (Å²) >= 11 is 0. The van der Waals surface area contributed by atoms with Crippen LogP contribution in [0.3, 0.4) is 0 Å². The molecule has 0 aliphatic rings. The van der Waals surface area contributed by atoms with Gasteiger partial charge >= 0.3 is 0 Å². The van der Waals surface area contributed by atoms with E-state index in [9.17, 15) is 4.79 Å². The first-order chi connectivity index (χ1) is 5.72. The van der Waals surface area contributed by atoms with Gasteiger partial charge in [0.05, 0.1) is 0 Å². The lowest BCUT2D eigenvalue weighted by Gasteiger charge is -2.16. The molecule has 0 unspecified atom stereocenters. The van der Waals surface area contributed by atoms with Crippen LogP contribution in [0.5, 0.6) is 0 Å². The molecule has 0 aromatic heterocycles. The van der Waals surface area contributed by atoms with Gasteiger partial charge in [-0.3, -0.25) is 4.79 Å².